The fourth-order valence-corrected chi connectivity index (χ4v) is 9.29. The number of hydrogen-bond donors (Lipinski definition) is 0. The molecule has 58 heavy (non-hydrogen) atoms. The van der Waals surface area contributed by atoms with Gasteiger partial charge in [0.05, 0.1) is 13.2 Å². The largest absolute Gasteiger partial charge is 0.466 e. The van der Waals surface area contributed by atoms with Crippen molar-refractivity contribution in [2.45, 2.75) is 263 Å². The highest BCUT2D eigenvalue weighted by Gasteiger charge is 2.17. The van der Waals surface area contributed by atoms with Gasteiger partial charge in [-0.2, -0.15) is 0 Å². The molecule has 0 heterocycles. The number of nitrogens with zero attached hydrogens (tertiary/aromatic N) is 1. The molecule has 0 aromatic rings. The Labute approximate surface area is 359 Å². The van der Waals surface area contributed by atoms with Crippen LogP contribution in [0.1, 0.15) is 257 Å². The molecule has 2 aliphatic rings. The van der Waals surface area contributed by atoms with Gasteiger partial charge in [-0.3, -0.25) is 14.4 Å². The molecule has 2 fully saturated rings. The molecule has 0 unspecified atom stereocenters. The highest BCUT2D eigenvalue weighted by Crippen LogP contribution is 2.25. The lowest BCUT2D eigenvalue weighted by atomic mass is 9.92. The Balaban J connectivity index is 1.68. The third-order valence-electron chi connectivity index (χ3n) is 13.1. The van der Waals surface area contributed by atoms with Gasteiger partial charge in [-0.05, 0) is 90.3 Å². The van der Waals surface area contributed by atoms with Crippen molar-refractivity contribution in [2.75, 3.05) is 33.9 Å². The summed E-state index contributed by atoms with van der Waals surface area (Å²) in [7, 11) is 4.03. The molecule has 2 aliphatic carbocycles. The zero-order valence-electron chi connectivity index (χ0n) is 38.5. The van der Waals surface area contributed by atoms with Crippen LogP contribution in [0, 0.1) is 11.8 Å². The third-order valence-corrected chi connectivity index (χ3v) is 13.1. The van der Waals surface area contributed by atoms with Crippen LogP contribution in [-0.4, -0.2) is 62.8 Å². The van der Waals surface area contributed by atoms with Gasteiger partial charge in [0.2, 0.25) is 0 Å². The standard InChI is InChI=1S/C51H95NO6/c1-52(2)43-31-40-51(55)58-48(36-27-29-38-49(53)56-44-41-46-32-23-19-15-11-7-3-4-8-12-16-20-24-33-46)37-28-30-39-50(54)57-45-42-47-34-25-21-17-13-9-5-6-10-14-18-22-26-35-47/h46-48H,3-45H2,1-2H3. The summed E-state index contributed by atoms with van der Waals surface area (Å²) < 4.78 is 17.4. The summed E-state index contributed by atoms with van der Waals surface area (Å²) in [5, 5.41) is 0. The summed E-state index contributed by atoms with van der Waals surface area (Å²) in [4.78, 5) is 40.2. The lowest BCUT2D eigenvalue weighted by Gasteiger charge is -2.19. The second-order valence-electron chi connectivity index (χ2n) is 18.9. The van der Waals surface area contributed by atoms with Crippen molar-refractivity contribution < 1.29 is 28.6 Å². The predicted molar refractivity (Wildman–Crippen MR) is 242 cm³/mol. The molecule has 0 atom stereocenters. The van der Waals surface area contributed by atoms with Gasteiger partial charge in [0.25, 0.3) is 0 Å². The van der Waals surface area contributed by atoms with Crippen LogP contribution in [0.2, 0.25) is 0 Å². The van der Waals surface area contributed by atoms with E-state index in [0.29, 0.717) is 44.3 Å². The van der Waals surface area contributed by atoms with Crippen LogP contribution in [0.15, 0.2) is 0 Å². The van der Waals surface area contributed by atoms with Crippen molar-refractivity contribution >= 4 is 17.9 Å². The molecule has 0 radical (unpaired) electrons. The molecule has 0 bridgehead atoms. The summed E-state index contributed by atoms with van der Waals surface area (Å²) >= 11 is 0. The van der Waals surface area contributed by atoms with E-state index >= 15 is 0 Å². The van der Waals surface area contributed by atoms with E-state index in [2.05, 4.69) is 4.90 Å². The Morgan fingerprint density at radius 2 is 0.741 bits per heavy atom. The van der Waals surface area contributed by atoms with Crippen LogP contribution < -0.4 is 0 Å². The summed E-state index contributed by atoms with van der Waals surface area (Å²) in [6.07, 6.45) is 46.4. The number of hydrogen-bond acceptors (Lipinski definition) is 7. The predicted octanol–water partition coefficient (Wildman–Crippen LogP) is 14.4. The summed E-state index contributed by atoms with van der Waals surface area (Å²) in [6.45, 7) is 1.94. The molecule has 340 valence electrons. The van der Waals surface area contributed by atoms with Gasteiger partial charge in [-0.15, -0.1) is 0 Å². The van der Waals surface area contributed by atoms with Crippen molar-refractivity contribution in [3.8, 4) is 0 Å². The first-order chi connectivity index (χ1) is 28.4. The number of unbranched alkanes of at least 4 members (excludes halogenated alkanes) is 2. The van der Waals surface area contributed by atoms with Crippen molar-refractivity contribution in [1.29, 1.82) is 0 Å². The smallest absolute Gasteiger partial charge is 0.306 e. The van der Waals surface area contributed by atoms with Gasteiger partial charge in [0.1, 0.15) is 6.10 Å². The normalized spacial score (nSPS) is 19.0. The maximum absolute atomic E-state index is 12.7. The second kappa shape index (κ2) is 38.3. The Morgan fingerprint density at radius 3 is 1.07 bits per heavy atom. The average Bonchev–Trinajstić information content (AvgIpc) is 3.22. The number of carbonyl (C=O) groups is 3. The Hall–Kier alpha value is -1.63. The topological polar surface area (TPSA) is 82.1 Å². The fraction of sp³-hybridized carbons (Fsp3) is 0.941. The van der Waals surface area contributed by atoms with E-state index in [4.69, 9.17) is 14.2 Å². The minimum Gasteiger partial charge on any atom is -0.466 e. The Bertz CT molecular complexity index is 877. The molecule has 7 heteroatoms. The van der Waals surface area contributed by atoms with E-state index in [9.17, 15) is 14.4 Å². The number of ether oxygens (including phenoxy) is 3. The number of esters is 3. The molecule has 2 saturated carbocycles. The molecule has 7 nitrogen and oxygen atoms in total. The lowest BCUT2D eigenvalue weighted by Crippen LogP contribution is -2.20. The van der Waals surface area contributed by atoms with Crippen LogP contribution in [-0.2, 0) is 28.6 Å². The SMILES string of the molecule is CN(C)CCCC(=O)OC(CCCCC(=O)OCCC1CCCCCCCCCCCCCC1)CCCCC(=O)OCCC1CCCCCCCCCCCCCC1. The van der Waals surface area contributed by atoms with Crippen molar-refractivity contribution in [3.05, 3.63) is 0 Å². The maximum atomic E-state index is 12.7. The first-order valence-corrected chi connectivity index (χ1v) is 25.6. The molecule has 0 aliphatic heterocycles. The molecule has 0 aromatic carbocycles. The number of carbonyl (C=O) groups excluding carboxylic acids is 3. The van der Waals surface area contributed by atoms with Gasteiger partial charge in [-0.25, -0.2) is 0 Å². The lowest BCUT2D eigenvalue weighted by molar-refractivity contribution is -0.150. The van der Waals surface area contributed by atoms with Gasteiger partial charge in [0.15, 0.2) is 0 Å². The molecule has 0 aromatic heterocycles. The first-order valence-electron chi connectivity index (χ1n) is 25.6. The summed E-state index contributed by atoms with van der Waals surface area (Å²) in [6, 6.07) is 0. The van der Waals surface area contributed by atoms with Gasteiger partial charge < -0.3 is 19.1 Å². The van der Waals surface area contributed by atoms with Crippen LogP contribution in [0.25, 0.3) is 0 Å². The van der Waals surface area contributed by atoms with Crippen LogP contribution in [0.5, 0.6) is 0 Å². The quantitative estimate of drug-likeness (QED) is 0.0648. The van der Waals surface area contributed by atoms with E-state index in [1.165, 1.54) is 180 Å². The molecule has 2 rings (SSSR count). The zero-order valence-corrected chi connectivity index (χ0v) is 38.5. The van der Waals surface area contributed by atoms with E-state index in [-0.39, 0.29) is 24.0 Å². The Kier molecular flexibility index (Phi) is 34.7. The monoisotopic (exact) mass is 818 g/mol. The molecular weight excluding hydrogens is 723 g/mol. The summed E-state index contributed by atoms with van der Waals surface area (Å²) in [5.74, 6) is 1.01. The van der Waals surface area contributed by atoms with Gasteiger partial charge >= 0.3 is 17.9 Å². The van der Waals surface area contributed by atoms with Crippen LogP contribution >= 0.6 is 0 Å². The number of rotatable bonds is 21. The highest BCUT2D eigenvalue weighted by atomic mass is 16.5. The molecule has 0 N–H and O–H groups in total. The fourth-order valence-electron chi connectivity index (χ4n) is 9.29. The van der Waals surface area contributed by atoms with Crippen LogP contribution in [0.4, 0.5) is 0 Å². The highest BCUT2D eigenvalue weighted by molar-refractivity contribution is 5.70. The summed E-state index contributed by atoms with van der Waals surface area (Å²) in [5.41, 5.74) is 0. The minimum atomic E-state index is -0.183. The van der Waals surface area contributed by atoms with Gasteiger partial charge in [0, 0.05) is 19.3 Å². The molecule has 0 spiro atoms. The van der Waals surface area contributed by atoms with E-state index < -0.39 is 0 Å². The van der Waals surface area contributed by atoms with Crippen LogP contribution in [0.3, 0.4) is 0 Å². The van der Waals surface area contributed by atoms with Crippen molar-refractivity contribution in [3.63, 3.8) is 0 Å². The van der Waals surface area contributed by atoms with Crippen molar-refractivity contribution in [2.24, 2.45) is 11.8 Å². The van der Waals surface area contributed by atoms with Crippen molar-refractivity contribution in [1.82, 2.24) is 4.90 Å². The molecule has 0 saturated heterocycles. The molecular formula is C51H95NO6. The van der Waals surface area contributed by atoms with E-state index in [1.54, 1.807) is 0 Å². The van der Waals surface area contributed by atoms with E-state index in [0.717, 1.165) is 64.3 Å². The maximum Gasteiger partial charge on any atom is 0.306 e. The Morgan fingerprint density at radius 1 is 0.431 bits per heavy atom. The zero-order chi connectivity index (χ0) is 41.6. The second-order valence-corrected chi connectivity index (χ2v) is 18.9. The third kappa shape index (κ3) is 33.1. The average molecular weight is 818 g/mol. The molecule has 0 amide bonds. The van der Waals surface area contributed by atoms with Gasteiger partial charge in [-0.1, -0.05) is 180 Å². The first kappa shape index (κ1) is 52.5. The van der Waals surface area contributed by atoms with E-state index in [1.807, 2.05) is 14.1 Å². The minimum absolute atomic E-state index is 0.0969.